The van der Waals surface area contributed by atoms with E-state index in [1.54, 1.807) is 0 Å². The lowest BCUT2D eigenvalue weighted by Crippen LogP contribution is -2.29. The second-order valence-corrected chi connectivity index (χ2v) is 8.75. The normalized spacial score (nSPS) is 14.7. The highest BCUT2D eigenvalue weighted by Gasteiger charge is 2.53. The molecule has 1 aliphatic carbocycles. The number of rotatable bonds is 7. The van der Waals surface area contributed by atoms with Crippen LogP contribution in [0.3, 0.4) is 0 Å². The summed E-state index contributed by atoms with van der Waals surface area (Å²) in [5.41, 5.74) is -0.800. The Hall–Kier alpha value is -4.50. The molecule has 1 amide bonds. The van der Waals surface area contributed by atoms with Gasteiger partial charge in [-0.3, -0.25) is 4.79 Å². The molecule has 204 valence electrons. The maximum absolute atomic E-state index is 14.7. The quantitative estimate of drug-likeness (QED) is 0.315. The molecule has 16 heteroatoms. The van der Waals surface area contributed by atoms with E-state index in [9.17, 15) is 35.5 Å². The number of carbonyl (C=O) groups is 1. The molecule has 0 radical (unpaired) electrons. The Morgan fingerprint density at radius 3 is 2.46 bits per heavy atom. The molecule has 0 atom stereocenters. The van der Waals surface area contributed by atoms with Crippen molar-refractivity contribution in [1.82, 2.24) is 30.4 Å². The molecule has 5 rings (SSSR count). The minimum atomic E-state index is -5.00. The van der Waals surface area contributed by atoms with Crippen LogP contribution in [0.4, 0.5) is 36.4 Å². The largest absolute Gasteiger partial charge is 0.573 e. The number of ether oxygens (including phenoxy) is 1. The predicted molar refractivity (Wildman–Crippen MR) is 119 cm³/mol. The first-order valence-electron chi connectivity index (χ1n) is 11.2. The zero-order valence-electron chi connectivity index (χ0n) is 19.4. The Morgan fingerprint density at radius 2 is 1.85 bits per heavy atom. The van der Waals surface area contributed by atoms with Gasteiger partial charge in [-0.1, -0.05) is 6.07 Å². The van der Waals surface area contributed by atoms with Crippen LogP contribution in [0.15, 0.2) is 48.7 Å². The number of halogens is 7. The Kier molecular flexibility index (Phi) is 6.27. The molecule has 0 aliphatic heterocycles. The Balaban J connectivity index is 1.41. The highest BCUT2D eigenvalue weighted by molar-refractivity contribution is 6.02. The summed E-state index contributed by atoms with van der Waals surface area (Å²) in [6.45, 7) is 0. The average Bonchev–Trinajstić information content (AvgIpc) is 3.21. The first-order valence-corrected chi connectivity index (χ1v) is 11.2. The molecule has 0 saturated heterocycles. The van der Waals surface area contributed by atoms with Gasteiger partial charge in [-0.05, 0) is 53.6 Å². The van der Waals surface area contributed by atoms with Crippen LogP contribution >= 0.6 is 0 Å². The molecule has 9 nitrogen and oxygen atoms in total. The molecule has 1 fully saturated rings. The van der Waals surface area contributed by atoms with Crippen molar-refractivity contribution in [3.63, 3.8) is 0 Å². The molecule has 0 bridgehead atoms. The summed E-state index contributed by atoms with van der Waals surface area (Å²) in [6, 6.07) is 8.17. The van der Waals surface area contributed by atoms with Crippen molar-refractivity contribution in [2.75, 3.05) is 5.32 Å². The van der Waals surface area contributed by atoms with Crippen molar-refractivity contribution >= 4 is 11.6 Å². The van der Waals surface area contributed by atoms with Crippen molar-refractivity contribution < 1.29 is 40.3 Å². The third-order valence-corrected chi connectivity index (χ3v) is 6.00. The summed E-state index contributed by atoms with van der Waals surface area (Å²) in [4.78, 5) is 13.2. The van der Waals surface area contributed by atoms with Crippen molar-refractivity contribution in [3.05, 3.63) is 65.7 Å². The number of benzene rings is 2. The van der Waals surface area contributed by atoms with Gasteiger partial charge in [-0.2, -0.15) is 18.3 Å². The van der Waals surface area contributed by atoms with Gasteiger partial charge in [0.15, 0.2) is 5.82 Å². The summed E-state index contributed by atoms with van der Waals surface area (Å²) < 4.78 is 95.3. The first-order chi connectivity index (χ1) is 18.3. The van der Waals surface area contributed by atoms with Gasteiger partial charge in [0.1, 0.15) is 11.6 Å². The smallest absolute Gasteiger partial charge is 0.406 e. The molecule has 0 unspecified atom stereocenters. The Morgan fingerprint density at radius 1 is 1.08 bits per heavy atom. The zero-order chi connectivity index (χ0) is 28.0. The summed E-state index contributed by atoms with van der Waals surface area (Å²) in [5, 5.41) is 20.0. The third kappa shape index (κ3) is 5.68. The van der Waals surface area contributed by atoms with E-state index in [1.807, 2.05) is 0 Å². The first kappa shape index (κ1) is 26.1. The van der Waals surface area contributed by atoms with Gasteiger partial charge >= 0.3 is 12.5 Å². The Labute approximate surface area is 214 Å². The molecule has 2 aromatic carbocycles. The van der Waals surface area contributed by atoms with Crippen LogP contribution < -0.4 is 10.1 Å². The monoisotopic (exact) mass is 555 g/mol. The van der Waals surface area contributed by atoms with Gasteiger partial charge < -0.3 is 10.1 Å². The van der Waals surface area contributed by atoms with Crippen LogP contribution in [-0.4, -0.2) is 48.9 Å². The second kappa shape index (κ2) is 9.36. The number of aromatic amines is 1. The van der Waals surface area contributed by atoms with Crippen molar-refractivity contribution in [2.24, 2.45) is 0 Å². The summed E-state index contributed by atoms with van der Waals surface area (Å²) >= 11 is 0. The highest BCUT2D eigenvalue weighted by Crippen LogP contribution is 2.50. The summed E-state index contributed by atoms with van der Waals surface area (Å²) in [7, 11) is 0. The van der Waals surface area contributed by atoms with E-state index >= 15 is 0 Å². The van der Waals surface area contributed by atoms with E-state index in [2.05, 4.69) is 35.8 Å². The Bertz CT molecular complexity index is 1510. The third-order valence-electron chi connectivity index (χ3n) is 6.00. The lowest BCUT2D eigenvalue weighted by atomic mass is 9.94. The van der Waals surface area contributed by atoms with Crippen molar-refractivity contribution in [2.45, 2.75) is 37.2 Å². The topological polar surface area (TPSA) is 111 Å². The van der Waals surface area contributed by atoms with Gasteiger partial charge in [0.2, 0.25) is 5.91 Å². The fourth-order valence-electron chi connectivity index (χ4n) is 4.15. The summed E-state index contributed by atoms with van der Waals surface area (Å²) in [5.74, 6) is -2.26. The number of hydrogen-bond acceptors (Lipinski definition) is 6. The number of carbonyl (C=O) groups excluding carboxylic acids is 1. The second-order valence-electron chi connectivity index (χ2n) is 8.75. The van der Waals surface area contributed by atoms with Gasteiger partial charge in [-0.25, -0.2) is 14.2 Å². The number of tetrazole rings is 1. The molecule has 1 aliphatic rings. The van der Waals surface area contributed by atoms with Crippen LogP contribution in [-0.2, 0) is 16.6 Å². The molecular formula is C23H16F7N7O2. The lowest BCUT2D eigenvalue weighted by molar-refractivity contribution is -0.274. The van der Waals surface area contributed by atoms with E-state index < -0.39 is 41.8 Å². The molecule has 2 heterocycles. The molecule has 1 saturated carbocycles. The van der Waals surface area contributed by atoms with Gasteiger partial charge in [-0.15, -0.1) is 18.3 Å². The van der Waals surface area contributed by atoms with E-state index in [-0.39, 0.29) is 41.2 Å². The molecular weight excluding hydrogens is 539 g/mol. The fraction of sp³-hybridized carbons (Fsp3) is 0.261. The van der Waals surface area contributed by atoms with Gasteiger partial charge in [0.25, 0.3) is 0 Å². The SMILES string of the molecule is O=C(Nc1ccc(-n2ccc(CC(F)(F)F)n2)c(-c2nnn[nH]2)c1)C1(c2ccc(OC(F)(F)F)cc2F)CC1. The van der Waals surface area contributed by atoms with Crippen LogP contribution in [0, 0.1) is 5.82 Å². The zero-order valence-corrected chi connectivity index (χ0v) is 19.4. The fourth-order valence-corrected chi connectivity index (χ4v) is 4.15. The van der Waals surface area contributed by atoms with Gasteiger partial charge in [0.05, 0.1) is 23.2 Å². The molecule has 4 aromatic rings. The van der Waals surface area contributed by atoms with E-state index in [1.165, 1.54) is 35.1 Å². The molecule has 2 N–H and O–H groups in total. The lowest BCUT2D eigenvalue weighted by Gasteiger charge is -2.18. The van der Waals surface area contributed by atoms with Crippen LogP contribution in [0.25, 0.3) is 17.1 Å². The minimum absolute atomic E-state index is 0.0838. The number of anilines is 1. The van der Waals surface area contributed by atoms with Crippen molar-refractivity contribution in [3.8, 4) is 22.8 Å². The van der Waals surface area contributed by atoms with Crippen LogP contribution in [0.5, 0.6) is 5.75 Å². The maximum atomic E-state index is 14.7. The summed E-state index contributed by atoms with van der Waals surface area (Å²) in [6.07, 6.45) is -8.84. The van der Waals surface area contributed by atoms with Crippen molar-refractivity contribution in [1.29, 1.82) is 0 Å². The van der Waals surface area contributed by atoms with E-state index in [0.717, 1.165) is 12.1 Å². The maximum Gasteiger partial charge on any atom is 0.573 e. The number of aromatic nitrogens is 6. The van der Waals surface area contributed by atoms with E-state index in [4.69, 9.17) is 0 Å². The number of hydrogen-bond donors (Lipinski definition) is 2. The number of alkyl halides is 6. The van der Waals surface area contributed by atoms with E-state index in [0.29, 0.717) is 11.8 Å². The standard InChI is InChI=1S/C23H16F7N7O2/c24-17-10-14(39-23(28,29)30)2-3-16(17)21(6-7-21)20(38)31-12-1-4-18(15(9-12)19-32-35-36-33-19)37-8-5-13(34-37)11-22(25,26)27/h1-5,8-10H,6-7,11H2,(H,31,38)(H,32,33,35,36). The number of H-pyrrole nitrogens is 1. The van der Waals surface area contributed by atoms with Gasteiger partial charge in [0, 0.05) is 29.1 Å². The molecule has 2 aromatic heterocycles. The molecule has 39 heavy (non-hydrogen) atoms. The highest BCUT2D eigenvalue weighted by atomic mass is 19.4. The minimum Gasteiger partial charge on any atom is -0.406 e. The predicted octanol–water partition coefficient (Wildman–Crippen LogP) is 4.87. The molecule has 0 spiro atoms. The number of amides is 1. The van der Waals surface area contributed by atoms with Crippen LogP contribution in [0.1, 0.15) is 24.1 Å². The average molecular weight is 555 g/mol. The van der Waals surface area contributed by atoms with Crippen LogP contribution in [0.2, 0.25) is 0 Å². The number of nitrogens with zero attached hydrogens (tertiary/aromatic N) is 5. The number of nitrogens with one attached hydrogen (secondary N) is 2.